The van der Waals surface area contributed by atoms with Crippen molar-refractivity contribution in [2.45, 2.75) is 6.92 Å². The topological polar surface area (TPSA) is 98.7 Å². The monoisotopic (exact) mass is 530 g/mol. The van der Waals surface area contributed by atoms with Crippen LogP contribution in [-0.4, -0.2) is 28.5 Å². The predicted molar refractivity (Wildman–Crippen MR) is 142 cm³/mol. The lowest BCUT2D eigenvalue weighted by atomic mass is 10.1. The van der Waals surface area contributed by atoms with Crippen LogP contribution in [0.5, 0.6) is 5.75 Å². The van der Waals surface area contributed by atoms with Crippen LogP contribution in [0.2, 0.25) is 5.02 Å². The molecule has 3 aromatic carbocycles. The molecular formula is C28H20ClFN4O4. The van der Waals surface area contributed by atoms with Gasteiger partial charge in [-0.1, -0.05) is 29.8 Å². The second kappa shape index (κ2) is 10.7. The Morgan fingerprint density at radius 3 is 2.82 bits per heavy atom. The summed E-state index contributed by atoms with van der Waals surface area (Å²) in [5.74, 6) is -0.768. The second-order valence-electron chi connectivity index (χ2n) is 8.30. The Hall–Kier alpha value is -4.76. The van der Waals surface area contributed by atoms with Gasteiger partial charge in [-0.15, -0.1) is 0 Å². The van der Waals surface area contributed by atoms with Crippen molar-refractivity contribution >= 4 is 34.7 Å². The van der Waals surface area contributed by atoms with Crippen LogP contribution < -0.4 is 15.6 Å². The van der Waals surface area contributed by atoms with Gasteiger partial charge in [-0.25, -0.2) is 14.5 Å². The summed E-state index contributed by atoms with van der Waals surface area (Å²) in [5, 5.41) is 8.91. The van der Waals surface area contributed by atoms with E-state index in [1.165, 1.54) is 36.7 Å². The Bertz CT molecular complexity index is 1730. The summed E-state index contributed by atoms with van der Waals surface area (Å²) in [7, 11) is 0. The Kier molecular flexibility index (Phi) is 7.01. The fourth-order valence-electron chi connectivity index (χ4n) is 3.81. The van der Waals surface area contributed by atoms with Gasteiger partial charge in [-0.05, 0) is 61.0 Å². The summed E-state index contributed by atoms with van der Waals surface area (Å²) in [6.07, 6.45) is 4.03. The maximum absolute atomic E-state index is 14.1. The molecule has 0 saturated heterocycles. The summed E-state index contributed by atoms with van der Waals surface area (Å²) < 4.78 is 27.0. The fourth-order valence-corrected chi connectivity index (χ4v) is 3.98. The highest BCUT2D eigenvalue weighted by Crippen LogP contribution is 2.32. The Labute approximate surface area is 220 Å². The fraction of sp³-hybridized carbons (Fsp3) is 0.0714. The van der Waals surface area contributed by atoms with E-state index >= 15 is 0 Å². The zero-order valence-corrected chi connectivity index (χ0v) is 20.8. The Balaban J connectivity index is 1.29. The van der Waals surface area contributed by atoms with Gasteiger partial charge in [-0.3, -0.25) is 9.59 Å². The van der Waals surface area contributed by atoms with Crippen LogP contribution in [0.15, 0.2) is 93.5 Å². The number of amides is 1. The molecule has 1 N–H and O–H groups in total. The highest BCUT2D eigenvalue weighted by Gasteiger charge is 2.15. The van der Waals surface area contributed by atoms with Crippen molar-refractivity contribution in [3.05, 3.63) is 111 Å². The van der Waals surface area contributed by atoms with E-state index in [0.717, 1.165) is 11.3 Å². The molecule has 5 aromatic rings. The van der Waals surface area contributed by atoms with E-state index in [0.29, 0.717) is 27.2 Å². The zero-order chi connectivity index (χ0) is 26.6. The van der Waals surface area contributed by atoms with Gasteiger partial charge in [0.2, 0.25) is 5.43 Å². The first kappa shape index (κ1) is 24.9. The lowest BCUT2D eigenvalue weighted by molar-refractivity contribution is -0.123. The first-order valence-corrected chi connectivity index (χ1v) is 11.8. The number of carbonyl (C=O) groups is 1. The molecule has 10 heteroatoms. The Morgan fingerprint density at radius 2 is 2.00 bits per heavy atom. The molecule has 0 aliphatic heterocycles. The molecule has 2 heterocycles. The van der Waals surface area contributed by atoms with Crippen LogP contribution in [0.4, 0.5) is 4.39 Å². The number of fused-ring (bicyclic) bond motifs is 1. The van der Waals surface area contributed by atoms with Gasteiger partial charge in [0.05, 0.1) is 34.7 Å². The third-order valence-corrected chi connectivity index (χ3v) is 6.10. The number of hydrazone groups is 1. The largest absolute Gasteiger partial charge is 0.483 e. The van der Waals surface area contributed by atoms with E-state index in [1.807, 2.05) is 30.3 Å². The number of benzene rings is 3. The van der Waals surface area contributed by atoms with Gasteiger partial charge in [0.25, 0.3) is 5.91 Å². The van der Waals surface area contributed by atoms with E-state index in [2.05, 4.69) is 15.6 Å². The second-order valence-corrected chi connectivity index (χ2v) is 8.71. The lowest BCUT2D eigenvalue weighted by Crippen LogP contribution is -2.25. The van der Waals surface area contributed by atoms with Gasteiger partial charge in [-0.2, -0.15) is 10.2 Å². The number of hydrogen-bond acceptors (Lipinski definition) is 6. The number of halogens is 2. The first-order valence-electron chi connectivity index (χ1n) is 11.5. The smallest absolute Gasteiger partial charge is 0.277 e. The molecule has 5 rings (SSSR count). The molecule has 2 aromatic heterocycles. The zero-order valence-electron chi connectivity index (χ0n) is 20.0. The van der Waals surface area contributed by atoms with E-state index in [9.17, 15) is 14.0 Å². The quantitative estimate of drug-likeness (QED) is 0.228. The minimum atomic E-state index is -0.586. The van der Waals surface area contributed by atoms with Crippen molar-refractivity contribution in [3.63, 3.8) is 0 Å². The predicted octanol–water partition coefficient (Wildman–Crippen LogP) is 5.28. The molecule has 38 heavy (non-hydrogen) atoms. The maximum atomic E-state index is 14.1. The van der Waals surface area contributed by atoms with Gasteiger partial charge < -0.3 is 9.15 Å². The van der Waals surface area contributed by atoms with Crippen LogP contribution >= 0.6 is 11.6 Å². The van der Waals surface area contributed by atoms with Crippen molar-refractivity contribution in [3.8, 4) is 22.7 Å². The maximum Gasteiger partial charge on any atom is 0.277 e. The van der Waals surface area contributed by atoms with E-state index in [-0.39, 0.29) is 16.7 Å². The highest BCUT2D eigenvalue weighted by atomic mass is 35.5. The van der Waals surface area contributed by atoms with Gasteiger partial charge in [0, 0.05) is 10.6 Å². The Morgan fingerprint density at radius 1 is 1.18 bits per heavy atom. The summed E-state index contributed by atoms with van der Waals surface area (Å²) >= 11 is 6.12. The molecule has 1 amide bonds. The molecule has 190 valence electrons. The SMILES string of the molecule is Cc1cc2occ(/C=N/NC(=O)COc3ccc(F)cc3-c3ccnn3-c3ccccc3)c(=O)c2cc1Cl. The minimum Gasteiger partial charge on any atom is -0.483 e. The molecule has 0 unspecified atom stereocenters. The molecule has 0 aliphatic rings. The molecule has 0 radical (unpaired) electrons. The molecule has 0 spiro atoms. The van der Waals surface area contributed by atoms with Crippen LogP contribution in [0, 0.1) is 12.7 Å². The first-order chi connectivity index (χ1) is 18.4. The van der Waals surface area contributed by atoms with Crippen LogP contribution in [-0.2, 0) is 4.79 Å². The van der Waals surface area contributed by atoms with E-state index in [1.54, 1.807) is 29.9 Å². The van der Waals surface area contributed by atoms with Gasteiger partial charge >= 0.3 is 0 Å². The van der Waals surface area contributed by atoms with Crippen molar-refractivity contribution in [2.75, 3.05) is 6.61 Å². The number of rotatable bonds is 7. The summed E-state index contributed by atoms with van der Waals surface area (Å²) in [5.41, 5.74) is 5.07. The van der Waals surface area contributed by atoms with Gasteiger partial charge in [0.1, 0.15) is 23.4 Å². The number of carbonyl (C=O) groups excluding carboxylic acids is 1. The van der Waals surface area contributed by atoms with Crippen molar-refractivity contribution in [2.24, 2.45) is 5.10 Å². The van der Waals surface area contributed by atoms with Crippen LogP contribution in [0.3, 0.4) is 0 Å². The number of hydrogen-bond donors (Lipinski definition) is 1. The molecule has 0 fully saturated rings. The van der Waals surface area contributed by atoms with E-state index in [4.69, 9.17) is 20.8 Å². The summed E-state index contributed by atoms with van der Waals surface area (Å²) in [4.78, 5) is 25.1. The lowest BCUT2D eigenvalue weighted by Gasteiger charge is -2.13. The molecular weight excluding hydrogens is 511 g/mol. The van der Waals surface area contributed by atoms with Crippen LogP contribution in [0.1, 0.15) is 11.1 Å². The number of aryl methyl sites for hydroxylation is 1. The number of aromatic nitrogens is 2. The van der Waals surface area contributed by atoms with Crippen molar-refractivity contribution in [1.82, 2.24) is 15.2 Å². The summed E-state index contributed by atoms with van der Waals surface area (Å²) in [6, 6.07) is 18.3. The molecule has 0 saturated carbocycles. The molecule has 8 nitrogen and oxygen atoms in total. The molecule has 0 bridgehead atoms. The van der Waals surface area contributed by atoms with Gasteiger partial charge in [0.15, 0.2) is 6.61 Å². The molecule has 0 atom stereocenters. The van der Waals surface area contributed by atoms with Crippen LogP contribution in [0.25, 0.3) is 27.9 Å². The number of para-hydroxylation sites is 1. The number of nitrogens with zero attached hydrogens (tertiary/aromatic N) is 3. The average Bonchev–Trinajstić information content (AvgIpc) is 3.41. The molecule has 0 aliphatic carbocycles. The van der Waals surface area contributed by atoms with Crippen molar-refractivity contribution < 1.29 is 18.3 Å². The van der Waals surface area contributed by atoms with Crippen molar-refractivity contribution in [1.29, 1.82) is 0 Å². The minimum absolute atomic E-state index is 0.133. The third kappa shape index (κ3) is 5.18. The summed E-state index contributed by atoms with van der Waals surface area (Å²) in [6.45, 7) is 1.40. The average molecular weight is 531 g/mol. The normalized spacial score (nSPS) is 11.2. The third-order valence-electron chi connectivity index (χ3n) is 5.69. The van der Waals surface area contributed by atoms with E-state index < -0.39 is 18.3 Å². The highest BCUT2D eigenvalue weighted by molar-refractivity contribution is 6.32. The standard InChI is InChI=1S/C28H20ClFN4O4/c1-17-11-26-22(13-23(17)29)28(36)18(15-37-26)14-31-33-27(35)16-38-25-8-7-19(30)12-21(25)24-9-10-32-34(24)20-5-3-2-4-6-20/h2-15H,16H2,1H3,(H,33,35)/b31-14+. The number of nitrogens with one attached hydrogen (secondary N) is 1. The number of ether oxygens (including phenoxy) is 1.